The minimum absolute atomic E-state index is 0.0253. The normalized spacial score (nSPS) is 20.8. The first kappa shape index (κ1) is 18.4. The molecule has 1 amide bonds. The zero-order valence-electron chi connectivity index (χ0n) is 14.8. The summed E-state index contributed by atoms with van der Waals surface area (Å²) in [5.41, 5.74) is 1.24. The minimum Gasteiger partial charge on any atom is -0.336 e. The van der Waals surface area contributed by atoms with E-state index in [-0.39, 0.29) is 23.6 Å². The number of aromatic nitrogens is 2. The number of rotatable bonds is 4. The van der Waals surface area contributed by atoms with Gasteiger partial charge in [0.05, 0.1) is 17.3 Å². The average molecular weight is 366 g/mol. The third-order valence-corrected chi connectivity index (χ3v) is 4.91. The lowest BCUT2D eigenvalue weighted by atomic mass is 10.0. The highest BCUT2D eigenvalue weighted by atomic mass is 19.4. The molecule has 3 rings (SSSR count). The first-order chi connectivity index (χ1) is 12.2. The van der Waals surface area contributed by atoms with Gasteiger partial charge in [-0.3, -0.25) is 9.48 Å². The fourth-order valence-corrected chi connectivity index (χ4v) is 3.53. The molecular formula is C18H21F3N4O. The maximum absolute atomic E-state index is 12.9. The zero-order valence-corrected chi connectivity index (χ0v) is 14.8. The molecule has 0 bridgehead atoms. The van der Waals surface area contributed by atoms with Gasteiger partial charge in [0.1, 0.15) is 0 Å². The van der Waals surface area contributed by atoms with Crippen molar-refractivity contribution in [3.8, 4) is 0 Å². The van der Waals surface area contributed by atoms with Crippen LogP contribution in [-0.2, 0) is 24.6 Å². The maximum atomic E-state index is 12.9. The summed E-state index contributed by atoms with van der Waals surface area (Å²) >= 11 is 0. The molecule has 8 heteroatoms. The van der Waals surface area contributed by atoms with E-state index in [1.807, 2.05) is 13.1 Å². The van der Waals surface area contributed by atoms with Crippen LogP contribution in [0, 0.1) is 6.92 Å². The minimum atomic E-state index is -4.35. The van der Waals surface area contributed by atoms with Crippen LogP contribution in [0.3, 0.4) is 0 Å². The summed E-state index contributed by atoms with van der Waals surface area (Å²) in [7, 11) is 3.58. The molecule has 0 aliphatic carbocycles. The number of hydrogen-bond donors (Lipinski definition) is 1. The summed E-state index contributed by atoms with van der Waals surface area (Å²) in [5.74, 6) is 0.0253. The summed E-state index contributed by atoms with van der Waals surface area (Å²) in [5, 5.41) is 7.49. The number of nitrogens with one attached hydrogen (secondary N) is 1. The maximum Gasteiger partial charge on any atom is 0.416 e. The number of carbonyl (C=O) groups excluding carboxylic acids is 1. The number of likely N-dealkylation sites (tertiary alicyclic amines) is 1. The van der Waals surface area contributed by atoms with Crippen molar-refractivity contribution in [2.75, 3.05) is 7.05 Å². The second-order valence-electron chi connectivity index (χ2n) is 6.67. The summed E-state index contributed by atoms with van der Waals surface area (Å²) in [6.45, 7) is 1.84. The van der Waals surface area contributed by atoms with Gasteiger partial charge in [0.2, 0.25) is 5.91 Å². The molecule has 2 aromatic rings. The van der Waals surface area contributed by atoms with E-state index in [1.54, 1.807) is 22.8 Å². The molecule has 0 spiro atoms. The molecule has 1 aromatic heterocycles. The van der Waals surface area contributed by atoms with E-state index in [0.717, 1.165) is 17.3 Å². The molecule has 1 aliphatic rings. The Morgan fingerprint density at radius 1 is 1.27 bits per heavy atom. The summed E-state index contributed by atoms with van der Waals surface area (Å²) < 4.78 is 40.4. The van der Waals surface area contributed by atoms with E-state index in [2.05, 4.69) is 10.4 Å². The molecule has 1 fully saturated rings. The lowest BCUT2D eigenvalue weighted by Crippen LogP contribution is -2.36. The Morgan fingerprint density at radius 2 is 2.00 bits per heavy atom. The van der Waals surface area contributed by atoms with Crippen molar-refractivity contribution < 1.29 is 18.0 Å². The number of aryl methyl sites for hydroxylation is 2. The molecule has 1 N–H and O–H groups in total. The Morgan fingerprint density at radius 3 is 2.58 bits per heavy atom. The monoisotopic (exact) mass is 366 g/mol. The second kappa shape index (κ2) is 6.75. The van der Waals surface area contributed by atoms with Gasteiger partial charge in [0.25, 0.3) is 0 Å². The van der Waals surface area contributed by atoms with Crippen LogP contribution in [0.15, 0.2) is 30.5 Å². The average Bonchev–Trinajstić information content (AvgIpc) is 3.08. The number of hydrogen-bond acceptors (Lipinski definition) is 3. The number of nitrogens with zero attached hydrogens (tertiary/aromatic N) is 3. The molecule has 26 heavy (non-hydrogen) atoms. The van der Waals surface area contributed by atoms with Crippen molar-refractivity contribution in [2.45, 2.75) is 38.1 Å². The van der Waals surface area contributed by atoms with Crippen molar-refractivity contribution in [1.82, 2.24) is 20.0 Å². The highest BCUT2D eigenvalue weighted by Crippen LogP contribution is 2.33. The van der Waals surface area contributed by atoms with Gasteiger partial charge < -0.3 is 10.2 Å². The van der Waals surface area contributed by atoms with Gasteiger partial charge in [-0.25, -0.2) is 0 Å². The predicted molar refractivity (Wildman–Crippen MR) is 90.1 cm³/mol. The van der Waals surface area contributed by atoms with Gasteiger partial charge in [-0.15, -0.1) is 0 Å². The van der Waals surface area contributed by atoms with E-state index in [4.69, 9.17) is 0 Å². The predicted octanol–water partition coefficient (Wildman–Crippen LogP) is 2.81. The van der Waals surface area contributed by atoms with E-state index in [0.29, 0.717) is 13.0 Å². The summed E-state index contributed by atoms with van der Waals surface area (Å²) in [6.07, 6.45) is -2.32. The largest absolute Gasteiger partial charge is 0.416 e. The third kappa shape index (κ3) is 3.46. The third-order valence-electron chi connectivity index (χ3n) is 4.91. The van der Waals surface area contributed by atoms with Crippen molar-refractivity contribution in [3.05, 3.63) is 52.8 Å². The van der Waals surface area contributed by atoms with Gasteiger partial charge in [-0.1, -0.05) is 12.1 Å². The number of halogens is 3. The van der Waals surface area contributed by atoms with Crippen molar-refractivity contribution in [1.29, 1.82) is 0 Å². The van der Waals surface area contributed by atoms with Crippen LogP contribution < -0.4 is 5.32 Å². The van der Waals surface area contributed by atoms with Crippen LogP contribution in [0.1, 0.15) is 34.8 Å². The molecule has 0 radical (unpaired) electrons. The second-order valence-corrected chi connectivity index (χ2v) is 6.67. The Kier molecular flexibility index (Phi) is 4.79. The molecule has 5 nitrogen and oxygen atoms in total. The number of alkyl halides is 3. The van der Waals surface area contributed by atoms with Gasteiger partial charge in [-0.05, 0) is 30.2 Å². The van der Waals surface area contributed by atoms with Crippen LogP contribution in [0.4, 0.5) is 13.2 Å². The Hall–Kier alpha value is -2.35. The highest BCUT2D eigenvalue weighted by molar-refractivity contribution is 5.80. The Bertz CT molecular complexity index is 815. The number of likely N-dealkylation sites (N-methyl/N-ethyl adjacent to an activating group) is 1. The highest BCUT2D eigenvalue weighted by Gasteiger charge is 2.39. The smallest absolute Gasteiger partial charge is 0.336 e. The van der Waals surface area contributed by atoms with E-state index >= 15 is 0 Å². The number of amides is 1. The van der Waals surface area contributed by atoms with Gasteiger partial charge in [-0.2, -0.15) is 18.3 Å². The summed E-state index contributed by atoms with van der Waals surface area (Å²) in [4.78, 5) is 13.8. The molecule has 1 aliphatic heterocycles. The SMILES string of the molecule is Cc1cc(CN[C@@H]2CC(=O)N(C)[C@H]2c2ccnn2C)ccc1C(F)(F)F. The quantitative estimate of drug-likeness (QED) is 0.905. The topological polar surface area (TPSA) is 50.2 Å². The van der Waals surface area contributed by atoms with Crippen LogP contribution in [-0.4, -0.2) is 33.7 Å². The molecule has 2 atom stereocenters. The Balaban J connectivity index is 1.75. The molecule has 0 unspecified atom stereocenters. The molecule has 1 saturated heterocycles. The lowest BCUT2D eigenvalue weighted by Gasteiger charge is -2.26. The van der Waals surface area contributed by atoms with E-state index in [9.17, 15) is 18.0 Å². The van der Waals surface area contributed by atoms with Crippen LogP contribution >= 0.6 is 0 Å². The van der Waals surface area contributed by atoms with E-state index < -0.39 is 11.7 Å². The number of carbonyl (C=O) groups is 1. The molecule has 2 heterocycles. The zero-order chi connectivity index (χ0) is 19.1. The molecule has 0 saturated carbocycles. The fourth-order valence-electron chi connectivity index (χ4n) is 3.53. The lowest BCUT2D eigenvalue weighted by molar-refractivity contribution is -0.138. The van der Waals surface area contributed by atoms with E-state index in [1.165, 1.54) is 19.1 Å². The molecule has 1 aromatic carbocycles. The summed E-state index contributed by atoms with van der Waals surface area (Å²) in [6, 6.07) is 5.70. The van der Waals surface area contributed by atoms with Crippen molar-refractivity contribution in [3.63, 3.8) is 0 Å². The van der Waals surface area contributed by atoms with Gasteiger partial charge in [0.15, 0.2) is 0 Å². The first-order valence-electron chi connectivity index (χ1n) is 8.32. The molecule has 140 valence electrons. The Labute approximate surface area is 149 Å². The van der Waals surface area contributed by atoms with Gasteiger partial charge in [0, 0.05) is 39.3 Å². The first-order valence-corrected chi connectivity index (χ1v) is 8.32. The number of benzene rings is 1. The van der Waals surface area contributed by atoms with Crippen LogP contribution in [0.25, 0.3) is 0 Å². The fraction of sp³-hybridized carbons (Fsp3) is 0.444. The van der Waals surface area contributed by atoms with Crippen LogP contribution in [0.5, 0.6) is 0 Å². The van der Waals surface area contributed by atoms with Crippen molar-refractivity contribution >= 4 is 5.91 Å². The van der Waals surface area contributed by atoms with Gasteiger partial charge >= 0.3 is 6.18 Å². The van der Waals surface area contributed by atoms with Crippen molar-refractivity contribution in [2.24, 2.45) is 7.05 Å². The van der Waals surface area contributed by atoms with Crippen LogP contribution in [0.2, 0.25) is 0 Å². The standard InChI is InChI=1S/C18H21F3N4O/c1-11-8-12(4-5-13(11)18(19,20)21)10-22-14-9-16(26)24(2)17(14)15-6-7-23-25(15)3/h4-8,14,17,22H,9-10H2,1-3H3/t14-,17-/m1/s1. The molecular weight excluding hydrogens is 345 g/mol.